The highest BCUT2D eigenvalue weighted by Crippen LogP contribution is 2.21. The van der Waals surface area contributed by atoms with E-state index in [1.165, 1.54) is 5.56 Å². The average molecular weight is 426 g/mol. The normalized spacial score (nSPS) is 13.8. The first-order chi connectivity index (χ1) is 14.6. The molecule has 0 amide bonds. The summed E-state index contributed by atoms with van der Waals surface area (Å²) in [6.45, 7) is 6.35. The summed E-state index contributed by atoms with van der Waals surface area (Å²) in [5, 5.41) is 21.2. The minimum absolute atomic E-state index is 0.376. The van der Waals surface area contributed by atoms with Crippen molar-refractivity contribution in [2.24, 2.45) is 4.99 Å². The zero-order valence-electron chi connectivity index (χ0n) is 17.7. The van der Waals surface area contributed by atoms with Crippen molar-refractivity contribution in [1.29, 1.82) is 0 Å². The zero-order chi connectivity index (χ0) is 21.2. The Balaban J connectivity index is 1.55. The fraction of sp³-hybridized carbons (Fsp3) is 0.391. The first kappa shape index (κ1) is 22.1. The summed E-state index contributed by atoms with van der Waals surface area (Å²) in [6, 6.07) is 12.5. The van der Waals surface area contributed by atoms with E-state index in [-0.39, 0.29) is 0 Å². The maximum absolute atomic E-state index is 10.7. The van der Waals surface area contributed by atoms with E-state index in [0.717, 1.165) is 37.3 Å². The molecule has 0 saturated heterocycles. The van der Waals surface area contributed by atoms with Crippen LogP contribution in [0.5, 0.6) is 0 Å². The Morgan fingerprint density at radius 1 is 1.23 bits per heavy atom. The molecule has 0 aliphatic rings. The van der Waals surface area contributed by atoms with Gasteiger partial charge in [0.2, 0.25) is 0 Å². The standard InChI is InChI=1S/C23H31N5OS/c1-3-24-22(27-18-23(2,29)20-11-15-30-17-20)26-16-21-25-12-14-28(21)13-7-10-19-8-5-4-6-9-19/h4-6,8-9,11-12,14-15,17,29H,3,7,10,13,16,18H2,1-2H3,(H2,24,26,27). The summed E-state index contributed by atoms with van der Waals surface area (Å²) >= 11 is 1.58. The number of nitrogens with one attached hydrogen (secondary N) is 2. The van der Waals surface area contributed by atoms with Crippen LogP contribution in [0.1, 0.15) is 37.2 Å². The molecule has 1 aromatic carbocycles. The third-order valence-corrected chi connectivity index (χ3v) is 5.66. The topological polar surface area (TPSA) is 74.5 Å². The average Bonchev–Trinajstić information content (AvgIpc) is 3.44. The number of aromatic nitrogens is 2. The zero-order valence-corrected chi connectivity index (χ0v) is 18.5. The molecule has 0 fully saturated rings. The molecule has 3 rings (SSSR count). The number of nitrogens with zero attached hydrogens (tertiary/aromatic N) is 3. The van der Waals surface area contributed by atoms with Crippen molar-refractivity contribution in [2.75, 3.05) is 13.1 Å². The van der Waals surface area contributed by atoms with Gasteiger partial charge in [-0.25, -0.2) is 9.98 Å². The van der Waals surface area contributed by atoms with Gasteiger partial charge in [-0.2, -0.15) is 11.3 Å². The molecule has 30 heavy (non-hydrogen) atoms. The largest absolute Gasteiger partial charge is 0.384 e. The number of benzene rings is 1. The number of hydrogen-bond donors (Lipinski definition) is 3. The lowest BCUT2D eigenvalue weighted by Gasteiger charge is -2.24. The molecule has 0 aliphatic heterocycles. The molecule has 1 atom stereocenters. The van der Waals surface area contributed by atoms with Crippen molar-refractivity contribution in [1.82, 2.24) is 20.2 Å². The number of aliphatic hydroxyl groups is 1. The molecule has 160 valence electrons. The summed E-state index contributed by atoms with van der Waals surface area (Å²) in [6.07, 6.45) is 5.94. The highest BCUT2D eigenvalue weighted by atomic mass is 32.1. The van der Waals surface area contributed by atoms with E-state index in [1.54, 1.807) is 11.3 Å². The monoisotopic (exact) mass is 425 g/mol. The predicted molar refractivity (Wildman–Crippen MR) is 124 cm³/mol. The number of aryl methyl sites for hydroxylation is 2. The van der Waals surface area contributed by atoms with Crippen molar-refractivity contribution in [2.45, 2.75) is 45.4 Å². The van der Waals surface area contributed by atoms with Crippen LogP contribution >= 0.6 is 11.3 Å². The Morgan fingerprint density at radius 3 is 2.80 bits per heavy atom. The van der Waals surface area contributed by atoms with Gasteiger partial charge in [0, 0.05) is 25.5 Å². The van der Waals surface area contributed by atoms with Gasteiger partial charge in [-0.3, -0.25) is 0 Å². The van der Waals surface area contributed by atoms with Gasteiger partial charge >= 0.3 is 0 Å². The van der Waals surface area contributed by atoms with E-state index < -0.39 is 5.60 Å². The fourth-order valence-electron chi connectivity index (χ4n) is 3.21. The van der Waals surface area contributed by atoms with Crippen molar-refractivity contribution in [3.8, 4) is 0 Å². The smallest absolute Gasteiger partial charge is 0.191 e. The van der Waals surface area contributed by atoms with Crippen LogP contribution in [0.4, 0.5) is 0 Å². The number of thiophene rings is 1. The summed E-state index contributed by atoms with van der Waals surface area (Å²) in [5.41, 5.74) is 1.31. The van der Waals surface area contributed by atoms with E-state index in [1.807, 2.05) is 49.1 Å². The number of hydrogen-bond acceptors (Lipinski definition) is 4. The Morgan fingerprint density at radius 2 is 2.07 bits per heavy atom. The third-order valence-electron chi connectivity index (χ3n) is 4.97. The molecule has 0 saturated carbocycles. The van der Waals surface area contributed by atoms with Crippen LogP contribution in [-0.4, -0.2) is 33.7 Å². The minimum Gasteiger partial charge on any atom is -0.384 e. The molecule has 7 heteroatoms. The van der Waals surface area contributed by atoms with E-state index in [4.69, 9.17) is 0 Å². The van der Waals surface area contributed by atoms with Crippen LogP contribution in [0.25, 0.3) is 0 Å². The van der Waals surface area contributed by atoms with Gasteiger partial charge in [-0.1, -0.05) is 30.3 Å². The Hall–Kier alpha value is -2.64. The van der Waals surface area contributed by atoms with Gasteiger partial charge in [-0.05, 0) is 54.6 Å². The highest BCUT2D eigenvalue weighted by Gasteiger charge is 2.23. The second kappa shape index (κ2) is 10.9. The molecular formula is C23H31N5OS. The first-order valence-electron chi connectivity index (χ1n) is 10.4. The van der Waals surface area contributed by atoms with Gasteiger partial charge in [0.1, 0.15) is 18.0 Å². The molecule has 6 nitrogen and oxygen atoms in total. The molecule has 2 heterocycles. The first-order valence-corrected chi connectivity index (χ1v) is 11.3. The van der Waals surface area contributed by atoms with Crippen LogP contribution in [0.3, 0.4) is 0 Å². The summed E-state index contributed by atoms with van der Waals surface area (Å²) in [7, 11) is 0. The van der Waals surface area contributed by atoms with E-state index in [9.17, 15) is 5.11 Å². The van der Waals surface area contributed by atoms with Crippen LogP contribution in [0, 0.1) is 0 Å². The van der Waals surface area contributed by atoms with Crippen molar-refractivity contribution in [3.63, 3.8) is 0 Å². The maximum atomic E-state index is 10.7. The number of rotatable bonds is 10. The number of aliphatic imine (C=N–C) groups is 1. The lowest BCUT2D eigenvalue weighted by Crippen LogP contribution is -2.44. The molecule has 0 aliphatic carbocycles. The Kier molecular flexibility index (Phi) is 8.04. The molecule has 0 radical (unpaired) electrons. The molecule has 0 bridgehead atoms. The van der Waals surface area contributed by atoms with Crippen molar-refractivity contribution >= 4 is 17.3 Å². The molecule has 2 aromatic heterocycles. The quantitative estimate of drug-likeness (QED) is 0.343. The van der Waals surface area contributed by atoms with Crippen LogP contribution in [-0.2, 0) is 25.1 Å². The van der Waals surface area contributed by atoms with Crippen molar-refractivity contribution in [3.05, 3.63) is 76.5 Å². The fourth-order valence-corrected chi connectivity index (χ4v) is 4.00. The van der Waals surface area contributed by atoms with E-state index in [0.29, 0.717) is 19.0 Å². The van der Waals surface area contributed by atoms with Crippen LogP contribution in [0.2, 0.25) is 0 Å². The maximum Gasteiger partial charge on any atom is 0.191 e. The lowest BCUT2D eigenvalue weighted by atomic mass is 9.99. The Labute approximate surface area is 182 Å². The van der Waals surface area contributed by atoms with Crippen LogP contribution < -0.4 is 10.6 Å². The van der Waals surface area contributed by atoms with Crippen LogP contribution in [0.15, 0.2) is 64.5 Å². The van der Waals surface area contributed by atoms with Gasteiger partial charge in [0.15, 0.2) is 5.96 Å². The second-order valence-electron chi connectivity index (χ2n) is 7.46. The van der Waals surface area contributed by atoms with E-state index >= 15 is 0 Å². The van der Waals surface area contributed by atoms with Gasteiger partial charge < -0.3 is 20.3 Å². The third kappa shape index (κ3) is 6.43. The highest BCUT2D eigenvalue weighted by molar-refractivity contribution is 7.08. The number of imidazole rings is 1. The predicted octanol–water partition coefficient (Wildman–Crippen LogP) is 3.54. The molecular weight excluding hydrogens is 394 g/mol. The SMILES string of the molecule is CCNC(=NCc1nccn1CCCc1ccccc1)NCC(C)(O)c1ccsc1. The number of guanidine groups is 1. The van der Waals surface area contributed by atoms with Gasteiger partial charge in [-0.15, -0.1) is 0 Å². The second-order valence-corrected chi connectivity index (χ2v) is 8.24. The molecule has 3 N–H and O–H groups in total. The van der Waals surface area contributed by atoms with Gasteiger partial charge in [0.25, 0.3) is 0 Å². The Bertz CT molecular complexity index is 903. The molecule has 0 spiro atoms. The summed E-state index contributed by atoms with van der Waals surface area (Å²) < 4.78 is 2.16. The van der Waals surface area contributed by atoms with E-state index in [2.05, 4.69) is 49.4 Å². The summed E-state index contributed by atoms with van der Waals surface area (Å²) in [5.74, 6) is 1.61. The summed E-state index contributed by atoms with van der Waals surface area (Å²) in [4.78, 5) is 9.15. The molecule has 3 aromatic rings. The van der Waals surface area contributed by atoms with Crippen molar-refractivity contribution < 1.29 is 5.11 Å². The minimum atomic E-state index is -0.952. The van der Waals surface area contributed by atoms with Gasteiger partial charge in [0.05, 0.1) is 6.54 Å². The molecule has 1 unspecified atom stereocenters. The lowest BCUT2D eigenvalue weighted by molar-refractivity contribution is 0.0621.